The Bertz CT molecular complexity index is 420. The van der Waals surface area contributed by atoms with Crippen LogP contribution in [0, 0.1) is 0 Å². The van der Waals surface area contributed by atoms with Crippen molar-refractivity contribution >= 4 is 25.2 Å². The van der Waals surface area contributed by atoms with Gasteiger partial charge >= 0.3 is 13.1 Å². The molecule has 0 aliphatic heterocycles. The smallest absolute Gasteiger partial charge is 0.376 e. The fourth-order valence-electron chi connectivity index (χ4n) is 1.44. The van der Waals surface area contributed by atoms with Crippen molar-refractivity contribution in [3.8, 4) is 6.01 Å². The summed E-state index contributed by atoms with van der Waals surface area (Å²) in [6.45, 7) is 3.81. The molecule has 1 rings (SSSR count). The van der Waals surface area contributed by atoms with E-state index in [0.717, 1.165) is 24.0 Å². The van der Waals surface area contributed by atoms with Gasteiger partial charge in [0.15, 0.2) is 0 Å². The van der Waals surface area contributed by atoms with Gasteiger partial charge in [0.25, 0.3) is 0 Å². The summed E-state index contributed by atoms with van der Waals surface area (Å²) in [6, 6.07) is 0.518. The van der Waals surface area contributed by atoms with Gasteiger partial charge < -0.3 is 14.0 Å². The van der Waals surface area contributed by atoms with Crippen LogP contribution in [0.2, 0.25) is 6.82 Å². The van der Waals surface area contributed by atoms with Crippen LogP contribution >= 0.6 is 12.0 Å². The van der Waals surface area contributed by atoms with Gasteiger partial charge in [-0.25, -0.2) is 9.97 Å². The Morgan fingerprint density at radius 3 is 2.89 bits per heavy atom. The zero-order valence-electron chi connectivity index (χ0n) is 12.5. The predicted octanol–water partition coefficient (Wildman–Crippen LogP) is 1.97. The molecule has 0 saturated carbocycles. The van der Waals surface area contributed by atoms with Crippen LogP contribution in [0.4, 0.5) is 0 Å². The lowest BCUT2D eigenvalue weighted by molar-refractivity contribution is 0.349. The molecule has 5 nitrogen and oxygen atoms in total. The molecule has 0 aliphatic carbocycles. The van der Waals surface area contributed by atoms with E-state index in [-0.39, 0.29) is 18.3 Å². The van der Waals surface area contributed by atoms with Crippen LogP contribution in [0.5, 0.6) is 6.01 Å². The first-order valence-corrected chi connectivity index (χ1v) is 6.93. The van der Waals surface area contributed by atoms with Crippen molar-refractivity contribution in [2.75, 3.05) is 13.3 Å². The van der Waals surface area contributed by atoms with Gasteiger partial charge in [0.2, 0.25) is 0 Å². The zero-order chi connectivity index (χ0) is 15.0. The molecule has 0 unspecified atom stereocenters. The Labute approximate surface area is 120 Å². The van der Waals surface area contributed by atoms with Crippen molar-refractivity contribution in [2.45, 2.75) is 26.2 Å². The summed E-state index contributed by atoms with van der Waals surface area (Å²) >= 11 is 0.989. The normalized spacial score (nSPS) is 13.6. The number of nitrogens with zero attached hydrogens (tertiary/aromatic N) is 3. The molecular weight excluding hydrogens is 261 g/mol. The lowest BCUT2D eigenvalue weighted by Gasteiger charge is -2.24. The lowest BCUT2D eigenvalue weighted by Crippen LogP contribution is -2.39. The molecule has 0 saturated heterocycles. The molecule has 1 aromatic rings. The Hall–Kier alpha value is -1.05. The Kier molecular flexibility index (Phi) is 6.19. The van der Waals surface area contributed by atoms with Crippen LogP contribution < -0.4 is 4.18 Å². The first kappa shape index (κ1) is 14.4. The van der Waals surface area contributed by atoms with Gasteiger partial charge in [0, 0.05) is 31.6 Å². The van der Waals surface area contributed by atoms with Gasteiger partial charge in [-0.15, -0.1) is 0 Å². The third-order valence-electron chi connectivity index (χ3n) is 2.85. The quantitative estimate of drug-likeness (QED) is 0.610. The minimum Gasteiger partial charge on any atom is -0.437 e. The average Bonchev–Trinajstić information content (AvgIpc) is 2.45. The molecule has 7 heteroatoms. The molecule has 19 heavy (non-hydrogen) atoms. The summed E-state index contributed by atoms with van der Waals surface area (Å²) in [5, 5.41) is 9.46. The number of aromatic nitrogens is 2. The van der Waals surface area contributed by atoms with E-state index in [0.29, 0.717) is 0 Å². The fraction of sp³-hybridized carbons (Fsp3) is 0.500. The van der Waals surface area contributed by atoms with Crippen molar-refractivity contribution < 1.29 is 10.6 Å². The average molecular weight is 283 g/mol. The standard InChI is InChI=1S/C12H20BN3O2S/c1-10(16(3)13(2)17)6-5-7-11-8-14-12(15-9-11)18-19-4/h5,7-10,17H,6H2,1-4H3/b7-5+/t10-/m0/s1/i4T. The maximum atomic E-state index is 9.46. The van der Waals surface area contributed by atoms with E-state index in [1.807, 2.05) is 24.0 Å². The third-order valence-corrected chi connectivity index (χ3v) is 3.12. The van der Waals surface area contributed by atoms with E-state index in [4.69, 9.17) is 5.55 Å². The molecule has 0 aliphatic rings. The van der Waals surface area contributed by atoms with Crippen molar-refractivity contribution in [1.82, 2.24) is 14.8 Å². The van der Waals surface area contributed by atoms with Crippen LogP contribution in [-0.4, -0.2) is 46.2 Å². The van der Waals surface area contributed by atoms with Crippen molar-refractivity contribution in [1.29, 1.82) is 0 Å². The van der Waals surface area contributed by atoms with Crippen LogP contribution in [0.1, 0.15) is 20.3 Å². The minimum atomic E-state index is -0.451. The van der Waals surface area contributed by atoms with Gasteiger partial charge in [-0.05, 0) is 20.3 Å². The Balaban J connectivity index is 2.46. The highest BCUT2D eigenvalue weighted by Crippen LogP contribution is 2.10. The largest absolute Gasteiger partial charge is 0.437 e. The predicted molar refractivity (Wildman–Crippen MR) is 80.9 cm³/mol. The lowest BCUT2D eigenvalue weighted by atomic mass is 9.84. The molecule has 104 valence electrons. The third kappa shape index (κ3) is 5.63. The molecule has 1 aromatic heterocycles. The summed E-state index contributed by atoms with van der Waals surface area (Å²) in [4.78, 5) is 9.97. The van der Waals surface area contributed by atoms with Gasteiger partial charge in [0.1, 0.15) is 0 Å². The molecule has 1 N–H and O–H groups in total. The molecule has 1 heterocycles. The van der Waals surface area contributed by atoms with Crippen molar-refractivity contribution in [2.24, 2.45) is 0 Å². The fourth-order valence-corrected chi connectivity index (χ4v) is 1.64. The summed E-state index contributed by atoms with van der Waals surface area (Å²) in [6.07, 6.45) is 8.25. The summed E-state index contributed by atoms with van der Waals surface area (Å²) < 4.78 is 12.0. The maximum absolute atomic E-state index is 9.46. The van der Waals surface area contributed by atoms with Crippen LogP contribution in [0.25, 0.3) is 6.08 Å². The highest BCUT2D eigenvalue weighted by Gasteiger charge is 2.15. The van der Waals surface area contributed by atoms with Gasteiger partial charge in [0.05, 0.1) is 12.0 Å². The van der Waals surface area contributed by atoms with Gasteiger partial charge in [-0.1, -0.05) is 19.1 Å². The van der Waals surface area contributed by atoms with E-state index in [1.54, 1.807) is 19.2 Å². The molecule has 0 amide bonds. The highest BCUT2D eigenvalue weighted by molar-refractivity contribution is 7.94. The second-order valence-corrected chi connectivity index (χ2v) is 4.69. The van der Waals surface area contributed by atoms with E-state index < -0.39 is 7.05 Å². The number of hydrogen-bond donors (Lipinski definition) is 1. The first-order chi connectivity index (χ1) is 9.54. The van der Waals surface area contributed by atoms with Gasteiger partial charge in [-0.3, -0.25) is 0 Å². The zero-order valence-corrected chi connectivity index (χ0v) is 12.3. The van der Waals surface area contributed by atoms with E-state index >= 15 is 0 Å². The van der Waals surface area contributed by atoms with Crippen molar-refractivity contribution in [3.63, 3.8) is 0 Å². The van der Waals surface area contributed by atoms with Crippen molar-refractivity contribution in [3.05, 3.63) is 24.0 Å². The molecule has 0 bridgehead atoms. The molecule has 1 atom stereocenters. The van der Waals surface area contributed by atoms with E-state index in [1.165, 1.54) is 0 Å². The van der Waals surface area contributed by atoms with Crippen LogP contribution in [0.15, 0.2) is 18.5 Å². The molecular formula is C12H20BN3O2S. The Morgan fingerprint density at radius 1 is 1.63 bits per heavy atom. The van der Waals surface area contributed by atoms with Crippen LogP contribution in [0.3, 0.4) is 0 Å². The molecule has 0 spiro atoms. The second-order valence-electron chi connectivity index (χ2n) is 4.28. The topological polar surface area (TPSA) is 58.5 Å². The van der Waals surface area contributed by atoms with Crippen LogP contribution in [-0.2, 0) is 0 Å². The number of hydrogen-bond acceptors (Lipinski definition) is 6. The molecule has 0 fully saturated rings. The highest BCUT2D eigenvalue weighted by atomic mass is 32.2. The molecule has 0 aromatic carbocycles. The first-order valence-electron chi connectivity index (χ1n) is 6.72. The Morgan fingerprint density at radius 2 is 2.32 bits per heavy atom. The maximum Gasteiger partial charge on any atom is 0.376 e. The second kappa shape index (κ2) is 8.19. The summed E-state index contributed by atoms with van der Waals surface area (Å²) in [5.41, 5.74) is 0.889. The molecule has 0 radical (unpaired) electrons. The van der Waals surface area contributed by atoms with E-state index in [9.17, 15) is 5.02 Å². The SMILES string of the molecule is [3H]CSOc1ncc(/C=C/C[C@H](C)N(C)B(C)O)cn1. The van der Waals surface area contributed by atoms with Gasteiger partial charge in [-0.2, -0.15) is 0 Å². The van der Waals surface area contributed by atoms with E-state index in [2.05, 4.69) is 16.9 Å². The monoisotopic (exact) mass is 283 g/mol. The summed E-state index contributed by atoms with van der Waals surface area (Å²) in [7, 11) is 1.44. The summed E-state index contributed by atoms with van der Waals surface area (Å²) in [5.74, 6) is 0. The minimum absolute atomic E-state index is 0.111. The number of rotatable bonds is 7.